The van der Waals surface area contributed by atoms with Gasteiger partial charge in [-0.05, 0) is 24.3 Å². The van der Waals surface area contributed by atoms with E-state index in [0.717, 1.165) is 0 Å². The summed E-state index contributed by atoms with van der Waals surface area (Å²) in [5, 5.41) is 19.8. The largest absolute Gasteiger partial charge is 0.383 e. The molecule has 0 atom stereocenters. The molecule has 0 unspecified atom stereocenters. The highest BCUT2D eigenvalue weighted by Crippen LogP contribution is 2.31. The Labute approximate surface area is 143 Å². The minimum Gasteiger partial charge on any atom is -0.383 e. The van der Waals surface area contributed by atoms with E-state index in [0.29, 0.717) is 24.5 Å². The number of anilines is 4. The second-order valence-electron chi connectivity index (χ2n) is 4.98. The first kappa shape index (κ1) is 18.1. The molecule has 10 nitrogen and oxygen atoms in total. The zero-order valence-electron chi connectivity index (χ0n) is 13.8. The van der Waals surface area contributed by atoms with Crippen LogP contribution in [0.15, 0.2) is 30.6 Å². The number of carbonyl (C=O) groups excluding carboxylic acids is 1. The van der Waals surface area contributed by atoms with Gasteiger partial charge in [-0.25, -0.2) is 9.97 Å². The lowest BCUT2D eigenvalue weighted by Crippen LogP contribution is -2.12. The molecular weight excluding hydrogens is 328 g/mol. The van der Waals surface area contributed by atoms with Gasteiger partial charge in [0.1, 0.15) is 6.33 Å². The maximum atomic E-state index is 11.4. The molecular formula is C15H18N6O4. The van der Waals surface area contributed by atoms with Gasteiger partial charge in [-0.3, -0.25) is 14.9 Å². The number of ether oxygens (including phenoxy) is 1. The molecule has 10 heteroatoms. The standard InChI is InChI=1S/C15H18N6O4/c1-10(22)19-11-3-5-12(6-4-11)20-15-13(21(23)24)14(17-9-18-15)16-7-8-25-2/h3-6,9H,7-8H2,1-2H3,(H,19,22)(H2,16,17,18,20). The van der Waals surface area contributed by atoms with E-state index in [9.17, 15) is 14.9 Å². The molecule has 0 spiro atoms. The normalized spacial score (nSPS) is 10.2. The van der Waals surface area contributed by atoms with Crippen molar-refractivity contribution in [1.29, 1.82) is 0 Å². The van der Waals surface area contributed by atoms with E-state index in [2.05, 4.69) is 25.9 Å². The summed E-state index contributed by atoms with van der Waals surface area (Å²) in [6.45, 7) is 2.17. The predicted octanol–water partition coefficient (Wildman–Crippen LogP) is 2.15. The van der Waals surface area contributed by atoms with Crippen LogP contribution in [0.4, 0.5) is 28.7 Å². The predicted molar refractivity (Wildman–Crippen MR) is 93.1 cm³/mol. The number of nitrogens with one attached hydrogen (secondary N) is 3. The van der Waals surface area contributed by atoms with Gasteiger partial charge in [0, 0.05) is 32.0 Å². The van der Waals surface area contributed by atoms with Crippen LogP contribution in [0, 0.1) is 10.1 Å². The van der Waals surface area contributed by atoms with E-state index in [4.69, 9.17) is 4.74 Å². The van der Waals surface area contributed by atoms with Crippen LogP contribution in [0.5, 0.6) is 0 Å². The molecule has 1 amide bonds. The summed E-state index contributed by atoms with van der Waals surface area (Å²) >= 11 is 0. The van der Waals surface area contributed by atoms with Gasteiger partial charge in [0.15, 0.2) is 0 Å². The van der Waals surface area contributed by atoms with E-state index >= 15 is 0 Å². The minimum atomic E-state index is -0.552. The van der Waals surface area contributed by atoms with Crippen LogP contribution in [-0.2, 0) is 9.53 Å². The summed E-state index contributed by atoms with van der Waals surface area (Å²) in [5.74, 6) is -0.0134. The van der Waals surface area contributed by atoms with Gasteiger partial charge >= 0.3 is 5.69 Å². The molecule has 1 aromatic heterocycles. The minimum absolute atomic E-state index is 0.0622. The number of hydrogen-bond donors (Lipinski definition) is 3. The third kappa shape index (κ3) is 5.11. The average molecular weight is 346 g/mol. The van der Waals surface area contributed by atoms with Crippen molar-refractivity contribution in [2.45, 2.75) is 6.92 Å². The number of nitro groups is 1. The second-order valence-corrected chi connectivity index (χ2v) is 4.98. The zero-order valence-corrected chi connectivity index (χ0v) is 13.8. The molecule has 1 heterocycles. The number of benzene rings is 1. The molecule has 0 radical (unpaired) electrons. The van der Waals surface area contributed by atoms with Gasteiger partial charge in [0.05, 0.1) is 11.5 Å². The summed E-state index contributed by atoms with van der Waals surface area (Å²) in [5.41, 5.74) is 0.945. The Morgan fingerprint density at radius 1 is 1.20 bits per heavy atom. The maximum absolute atomic E-state index is 11.4. The Kier molecular flexibility index (Phi) is 6.18. The highest BCUT2D eigenvalue weighted by molar-refractivity contribution is 5.89. The van der Waals surface area contributed by atoms with E-state index in [1.165, 1.54) is 20.4 Å². The Balaban J connectivity index is 2.21. The fraction of sp³-hybridized carbons (Fsp3) is 0.267. The van der Waals surface area contributed by atoms with Crippen molar-refractivity contribution < 1.29 is 14.5 Å². The molecule has 132 valence electrons. The molecule has 3 N–H and O–H groups in total. The topological polar surface area (TPSA) is 131 Å². The lowest BCUT2D eigenvalue weighted by Gasteiger charge is -2.10. The molecule has 2 rings (SSSR count). The monoisotopic (exact) mass is 346 g/mol. The molecule has 0 aliphatic carbocycles. The first-order chi connectivity index (χ1) is 12.0. The molecule has 2 aromatic rings. The molecule has 0 aliphatic heterocycles. The van der Waals surface area contributed by atoms with Gasteiger partial charge in [-0.15, -0.1) is 0 Å². The van der Waals surface area contributed by atoms with Gasteiger partial charge in [0.25, 0.3) is 0 Å². The lowest BCUT2D eigenvalue weighted by atomic mass is 10.2. The first-order valence-corrected chi connectivity index (χ1v) is 7.38. The van der Waals surface area contributed by atoms with E-state index in [1.807, 2.05) is 0 Å². The second kappa shape index (κ2) is 8.55. The van der Waals surface area contributed by atoms with Crippen LogP contribution in [-0.4, -0.2) is 41.1 Å². The number of amides is 1. The molecule has 0 bridgehead atoms. The zero-order chi connectivity index (χ0) is 18.2. The molecule has 1 aromatic carbocycles. The maximum Gasteiger partial charge on any atom is 0.353 e. The molecule has 0 aliphatic rings. The van der Waals surface area contributed by atoms with Gasteiger partial charge < -0.3 is 20.7 Å². The van der Waals surface area contributed by atoms with Crippen molar-refractivity contribution in [2.24, 2.45) is 0 Å². The number of carbonyl (C=O) groups is 1. The van der Waals surface area contributed by atoms with Crippen molar-refractivity contribution in [3.8, 4) is 0 Å². The Bertz CT molecular complexity index is 750. The fourth-order valence-electron chi connectivity index (χ4n) is 2.02. The SMILES string of the molecule is COCCNc1ncnc(Nc2ccc(NC(C)=O)cc2)c1[N+](=O)[O-]. The van der Waals surface area contributed by atoms with Crippen LogP contribution in [0.25, 0.3) is 0 Å². The van der Waals surface area contributed by atoms with Gasteiger partial charge in [-0.2, -0.15) is 0 Å². The summed E-state index contributed by atoms with van der Waals surface area (Å²) in [6, 6.07) is 6.70. The highest BCUT2D eigenvalue weighted by atomic mass is 16.6. The van der Waals surface area contributed by atoms with Crippen LogP contribution in [0.1, 0.15) is 6.92 Å². The van der Waals surface area contributed by atoms with E-state index in [-0.39, 0.29) is 23.2 Å². The van der Waals surface area contributed by atoms with E-state index in [1.54, 1.807) is 24.3 Å². The summed E-state index contributed by atoms with van der Waals surface area (Å²) in [6.07, 6.45) is 1.23. The Hall–Kier alpha value is -3.27. The van der Waals surface area contributed by atoms with Crippen LogP contribution in [0.3, 0.4) is 0 Å². The number of hydrogen-bond acceptors (Lipinski definition) is 8. The highest BCUT2D eigenvalue weighted by Gasteiger charge is 2.22. The fourth-order valence-corrected chi connectivity index (χ4v) is 2.02. The van der Waals surface area contributed by atoms with Crippen molar-refractivity contribution in [1.82, 2.24) is 9.97 Å². The molecule has 25 heavy (non-hydrogen) atoms. The third-order valence-corrected chi connectivity index (χ3v) is 3.07. The summed E-state index contributed by atoms with van der Waals surface area (Å²) in [7, 11) is 1.54. The number of methoxy groups -OCH3 is 1. The van der Waals surface area contributed by atoms with Crippen molar-refractivity contribution >= 4 is 34.6 Å². The summed E-state index contributed by atoms with van der Waals surface area (Å²) < 4.78 is 4.91. The van der Waals surface area contributed by atoms with Crippen LogP contribution >= 0.6 is 0 Å². The van der Waals surface area contributed by atoms with Crippen LogP contribution in [0.2, 0.25) is 0 Å². The van der Waals surface area contributed by atoms with Crippen molar-refractivity contribution in [3.05, 3.63) is 40.7 Å². The first-order valence-electron chi connectivity index (χ1n) is 7.38. The lowest BCUT2D eigenvalue weighted by molar-refractivity contribution is -0.383. The summed E-state index contributed by atoms with van der Waals surface area (Å²) in [4.78, 5) is 29.7. The number of nitrogens with zero attached hydrogens (tertiary/aromatic N) is 3. The Morgan fingerprint density at radius 2 is 1.84 bits per heavy atom. The van der Waals surface area contributed by atoms with E-state index < -0.39 is 4.92 Å². The Morgan fingerprint density at radius 3 is 2.44 bits per heavy atom. The van der Waals surface area contributed by atoms with Crippen molar-refractivity contribution in [3.63, 3.8) is 0 Å². The third-order valence-electron chi connectivity index (χ3n) is 3.07. The molecule has 0 saturated carbocycles. The molecule has 0 saturated heterocycles. The number of rotatable bonds is 8. The molecule has 0 fully saturated rings. The van der Waals surface area contributed by atoms with Gasteiger partial charge in [0.2, 0.25) is 17.5 Å². The quantitative estimate of drug-likeness (QED) is 0.376. The number of aromatic nitrogens is 2. The smallest absolute Gasteiger partial charge is 0.353 e. The van der Waals surface area contributed by atoms with Crippen molar-refractivity contribution in [2.75, 3.05) is 36.2 Å². The van der Waals surface area contributed by atoms with Gasteiger partial charge in [-0.1, -0.05) is 0 Å². The average Bonchev–Trinajstić information content (AvgIpc) is 2.56. The van der Waals surface area contributed by atoms with Crippen LogP contribution < -0.4 is 16.0 Å².